The highest BCUT2D eigenvalue weighted by molar-refractivity contribution is 7.10. The molecular weight excluding hydrogens is 222 g/mol. The van der Waals surface area contributed by atoms with Crippen molar-refractivity contribution < 1.29 is 5.11 Å². The van der Waals surface area contributed by atoms with E-state index < -0.39 is 6.10 Å². The monoisotopic (exact) mass is 235 g/mol. The summed E-state index contributed by atoms with van der Waals surface area (Å²) < 4.78 is 0. The number of hydrogen-bond donors (Lipinski definition) is 2. The summed E-state index contributed by atoms with van der Waals surface area (Å²) in [7, 11) is 0. The van der Waals surface area contributed by atoms with Crippen molar-refractivity contribution >= 4 is 11.3 Å². The zero-order valence-electron chi connectivity index (χ0n) is 8.71. The fraction of sp³-hybridized carbons (Fsp3) is 0.273. The van der Waals surface area contributed by atoms with Crippen LogP contribution in [0.5, 0.6) is 0 Å². The summed E-state index contributed by atoms with van der Waals surface area (Å²) in [4.78, 5) is 8.91. The van der Waals surface area contributed by atoms with E-state index >= 15 is 0 Å². The first-order valence-corrected chi connectivity index (χ1v) is 5.91. The zero-order valence-corrected chi connectivity index (χ0v) is 9.52. The normalized spacial score (nSPS) is 12.6. The summed E-state index contributed by atoms with van der Waals surface area (Å²) in [6, 6.07) is 5.72. The molecule has 0 fully saturated rings. The van der Waals surface area contributed by atoms with Gasteiger partial charge in [0.25, 0.3) is 0 Å². The second-order valence-electron chi connectivity index (χ2n) is 3.36. The van der Waals surface area contributed by atoms with E-state index in [0.29, 0.717) is 13.1 Å². The third kappa shape index (κ3) is 3.10. The van der Waals surface area contributed by atoms with Gasteiger partial charge in [-0.05, 0) is 17.5 Å². The van der Waals surface area contributed by atoms with Crippen molar-refractivity contribution in [1.82, 2.24) is 15.3 Å². The molecule has 4 nitrogen and oxygen atoms in total. The third-order valence-electron chi connectivity index (χ3n) is 2.16. The van der Waals surface area contributed by atoms with Gasteiger partial charge in [-0.2, -0.15) is 0 Å². The molecule has 0 aliphatic rings. The topological polar surface area (TPSA) is 58.0 Å². The zero-order chi connectivity index (χ0) is 11.2. The van der Waals surface area contributed by atoms with Crippen LogP contribution in [0.4, 0.5) is 0 Å². The maximum atomic E-state index is 9.80. The number of aliphatic hydroxyl groups excluding tert-OH is 1. The van der Waals surface area contributed by atoms with Crippen molar-refractivity contribution in [3.05, 3.63) is 46.7 Å². The highest BCUT2D eigenvalue weighted by atomic mass is 32.1. The lowest BCUT2D eigenvalue weighted by molar-refractivity contribution is 0.178. The molecule has 2 aromatic heterocycles. The first-order valence-electron chi connectivity index (χ1n) is 5.03. The number of nitrogens with one attached hydrogen (secondary N) is 1. The maximum Gasteiger partial charge on any atom is 0.115 e. The third-order valence-corrected chi connectivity index (χ3v) is 3.13. The Hall–Kier alpha value is -1.30. The van der Waals surface area contributed by atoms with Crippen LogP contribution in [0.3, 0.4) is 0 Å². The van der Waals surface area contributed by atoms with Gasteiger partial charge in [0, 0.05) is 24.2 Å². The molecule has 2 N–H and O–H groups in total. The van der Waals surface area contributed by atoms with E-state index in [1.807, 2.05) is 23.6 Å². The molecule has 1 atom stereocenters. The van der Waals surface area contributed by atoms with Gasteiger partial charge in [-0.15, -0.1) is 11.3 Å². The second kappa shape index (κ2) is 5.69. The van der Waals surface area contributed by atoms with Crippen LogP contribution in [-0.4, -0.2) is 21.6 Å². The van der Waals surface area contributed by atoms with Crippen molar-refractivity contribution in [2.24, 2.45) is 0 Å². The molecular formula is C11H13N3OS. The van der Waals surface area contributed by atoms with Gasteiger partial charge in [0.2, 0.25) is 0 Å². The van der Waals surface area contributed by atoms with Crippen LogP contribution < -0.4 is 5.32 Å². The highest BCUT2D eigenvalue weighted by Crippen LogP contribution is 2.17. The van der Waals surface area contributed by atoms with Crippen LogP contribution in [0.1, 0.15) is 16.7 Å². The Balaban J connectivity index is 1.76. The van der Waals surface area contributed by atoms with E-state index in [1.165, 1.54) is 6.33 Å². The molecule has 16 heavy (non-hydrogen) atoms. The molecule has 2 rings (SSSR count). The van der Waals surface area contributed by atoms with Gasteiger partial charge in [-0.3, -0.25) is 0 Å². The molecule has 0 amide bonds. The Kier molecular flexibility index (Phi) is 3.98. The Bertz CT molecular complexity index is 404. The average molecular weight is 235 g/mol. The summed E-state index contributed by atoms with van der Waals surface area (Å²) in [5.74, 6) is 0. The lowest BCUT2D eigenvalue weighted by atomic mass is 10.3. The van der Waals surface area contributed by atoms with Gasteiger partial charge in [0.1, 0.15) is 12.4 Å². The van der Waals surface area contributed by atoms with Crippen LogP contribution in [0.2, 0.25) is 0 Å². The van der Waals surface area contributed by atoms with E-state index in [9.17, 15) is 5.11 Å². The quantitative estimate of drug-likeness (QED) is 0.821. The van der Waals surface area contributed by atoms with E-state index in [2.05, 4.69) is 15.3 Å². The standard InChI is InChI=1S/C11H13N3OS/c15-10(11-2-1-5-16-11)7-13-6-9-3-4-12-8-14-9/h1-5,8,10,13,15H,6-7H2. The van der Waals surface area contributed by atoms with E-state index in [1.54, 1.807) is 17.5 Å². The number of hydrogen-bond acceptors (Lipinski definition) is 5. The van der Waals surface area contributed by atoms with Crippen molar-refractivity contribution in [2.45, 2.75) is 12.6 Å². The number of rotatable bonds is 5. The number of thiophene rings is 1. The molecule has 0 radical (unpaired) electrons. The Morgan fingerprint density at radius 3 is 3.06 bits per heavy atom. The first-order chi connectivity index (χ1) is 7.86. The average Bonchev–Trinajstić information content (AvgIpc) is 2.84. The maximum absolute atomic E-state index is 9.80. The van der Waals surface area contributed by atoms with Crippen molar-refractivity contribution in [2.75, 3.05) is 6.54 Å². The van der Waals surface area contributed by atoms with Gasteiger partial charge in [-0.25, -0.2) is 9.97 Å². The number of aliphatic hydroxyl groups is 1. The lowest BCUT2D eigenvalue weighted by Crippen LogP contribution is -2.21. The molecule has 2 aromatic rings. The molecule has 0 aromatic carbocycles. The summed E-state index contributed by atoms with van der Waals surface area (Å²) in [6.45, 7) is 1.18. The minimum Gasteiger partial charge on any atom is -0.386 e. The molecule has 0 aliphatic heterocycles. The van der Waals surface area contributed by atoms with Gasteiger partial charge < -0.3 is 10.4 Å². The lowest BCUT2D eigenvalue weighted by Gasteiger charge is -2.09. The summed E-state index contributed by atoms with van der Waals surface area (Å²) in [5, 5.41) is 14.9. The second-order valence-corrected chi connectivity index (χ2v) is 4.34. The molecule has 84 valence electrons. The van der Waals surface area contributed by atoms with Crippen molar-refractivity contribution in [3.8, 4) is 0 Å². The van der Waals surface area contributed by atoms with E-state index in [-0.39, 0.29) is 0 Å². The van der Waals surface area contributed by atoms with Crippen LogP contribution in [0, 0.1) is 0 Å². The van der Waals surface area contributed by atoms with E-state index in [4.69, 9.17) is 0 Å². The molecule has 1 unspecified atom stereocenters. The Morgan fingerprint density at radius 1 is 1.44 bits per heavy atom. The summed E-state index contributed by atoms with van der Waals surface area (Å²) in [5.41, 5.74) is 0.924. The highest BCUT2D eigenvalue weighted by Gasteiger charge is 2.07. The molecule has 0 bridgehead atoms. The number of nitrogens with zero attached hydrogens (tertiary/aromatic N) is 2. The molecule has 0 saturated heterocycles. The molecule has 0 aliphatic carbocycles. The summed E-state index contributed by atoms with van der Waals surface area (Å²) >= 11 is 1.56. The Morgan fingerprint density at radius 2 is 2.38 bits per heavy atom. The minimum atomic E-state index is -0.443. The fourth-order valence-electron chi connectivity index (χ4n) is 1.34. The van der Waals surface area contributed by atoms with Crippen molar-refractivity contribution in [3.63, 3.8) is 0 Å². The van der Waals surface area contributed by atoms with Crippen molar-refractivity contribution in [1.29, 1.82) is 0 Å². The molecule has 0 spiro atoms. The van der Waals surface area contributed by atoms with Gasteiger partial charge >= 0.3 is 0 Å². The van der Waals surface area contributed by atoms with Crippen LogP contribution in [-0.2, 0) is 6.54 Å². The van der Waals surface area contributed by atoms with Crippen LogP contribution in [0.25, 0.3) is 0 Å². The van der Waals surface area contributed by atoms with Gasteiger partial charge in [0.15, 0.2) is 0 Å². The smallest absolute Gasteiger partial charge is 0.115 e. The largest absolute Gasteiger partial charge is 0.386 e. The predicted molar refractivity (Wildman–Crippen MR) is 63.0 cm³/mol. The SMILES string of the molecule is OC(CNCc1ccncn1)c1cccs1. The predicted octanol–water partition coefficient (Wildman–Crippen LogP) is 1.36. The number of aromatic nitrogens is 2. The van der Waals surface area contributed by atoms with Crippen LogP contribution >= 0.6 is 11.3 Å². The summed E-state index contributed by atoms with van der Waals surface area (Å²) in [6.07, 6.45) is 2.79. The van der Waals surface area contributed by atoms with E-state index in [0.717, 1.165) is 10.6 Å². The first kappa shape index (κ1) is 11.2. The van der Waals surface area contributed by atoms with Gasteiger partial charge in [0.05, 0.1) is 5.69 Å². The molecule has 5 heteroatoms. The molecule has 0 saturated carbocycles. The van der Waals surface area contributed by atoms with Gasteiger partial charge in [-0.1, -0.05) is 6.07 Å². The molecule has 2 heterocycles. The van der Waals surface area contributed by atoms with Crippen LogP contribution in [0.15, 0.2) is 36.1 Å². The minimum absolute atomic E-state index is 0.443. The Labute approximate surface area is 98.0 Å². The fourth-order valence-corrected chi connectivity index (χ4v) is 2.05.